The van der Waals surface area contributed by atoms with Crippen molar-refractivity contribution in [2.24, 2.45) is 0 Å². The number of imidazole rings is 2. The molecule has 31 heteroatoms. The molecule has 6 heterocycles. The number of aromatic nitrogens is 8. The van der Waals surface area contributed by atoms with Crippen molar-refractivity contribution >= 4 is 103 Å². The molecule has 0 saturated carbocycles. The monoisotopic (exact) mass is 1190 g/mol. The van der Waals surface area contributed by atoms with Gasteiger partial charge in [0.1, 0.15) is 36.1 Å². The van der Waals surface area contributed by atoms with E-state index >= 15 is 0 Å². The van der Waals surface area contributed by atoms with Gasteiger partial charge in [-0.05, 0) is 31.2 Å². The van der Waals surface area contributed by atoms with Crippen molar-refractivity contribution in [3.8, 4) is 57.4 Å². The number of alkyl halides is 7. The Morgan fingerprint density at radius 2 is 1.11 bits per heavy atom. The number of nitrogens with zero attached hydrogens (tertiary/aromatic N) is 8. The number of benzene rings is 2. The first-order valence-electron chi connectivity index (χ1n) is 18.9. The van der Waals surface area contributed by atoms with Crippen molar-refractivity contribution in [2.75, 3.05) is 31.8 Å². The number of phenols is 1. The molecule has 0 spiro atoms. The number of halogens is 13. The molecular formula is C40H30BrCl6F6N8NaO9. The molecule has 0 unspecified atom stereocenters. The van der Waals surface area contributed by atoms with E-state index in [1.54, 1.807) is 6.92 Å². The van der Waals surface area contributed by atoms with Crippen LogP contribution in [0.15, 0.2) is 70.2 Å². The summed E-state index contributed by atoms with van der Waals surface area (Å²) in [5.41, 5.74) is -0.812. The Balaban J connectivity index is 0.000000309. The molecule has 6 aromatic heterocycles. The number of phenolic OH excluding ortho intramolecular Hbond substituents is 1. The Labute approximate surface area is 456 Å². The van der Waals surface area contributed by atoms with Crippen LogP contribution in [0, 0.1) is 0 Å². The molecule has 376 valence electrons. The van der Waals surface area contributed by atoms with Crippen LogP contribution in [-0.2, 0) is 21.9 Å². The fraction of sp³-hybridized carbons (Fsp3) is 0.225. The van der Waals surface area contributed by atoms with Gasteiger partial charge in [-0.2, -0.15) is 36.3 Å². The second kappa shape index (κ2) is 26.7. The van der Waals surface area contributed by atoms with Gasteiger partial charge in [0.05, 0.1) is 47.9 Å². The zero-order valence-electron chi connectivity index (χ0n) is 36.1. The molecule has 0 saturated heterocycles. The SMILES string of the molecule is CC(=O)OCCBr.CCO.OCCOc1cc(Cl)c(-c2noc(-c3cn4cc(C(F)(F)F)cc(Cl)c4n3)n2)cc1Cl.Oc1cc(Cl)c(-c2noc(-c3cn4cc(C(F)(F)F)cc(Cl)c4n3)n2)cc1Cl.[Na+].[OH-]. The number of ether oxygens (including phenoxy) is 2. The molecular weight excluding hydrogens is 1170 g/mol. The van der Waals surface area contributed by atoms with Gasteiger partial charge in [0.2, 0.25) is 11.6 Å². The first-order chi connectivity index (χ1) is 32.5. The van der Waals surface area contributed by atoms with Crippen molar-refractivity contribution in [1.29, 1.82) is 0 Å². The third-order valence-electron chi connectivity index (χ3n) is 8.23. The van der Waals surface area contributed by atoms with Crippen molar-refractivity contribution in [3.63, 3.8) is 0 Å². The van der Waals surface area contributed by atoms with Gasteiger partial charge in [0.15, 0.2) is 11.3 Å². The van der Waals surface area contributed by atoms with Crippen LogP contribution < -0.4 is 34.3 Å². The summed E-state index contributed by atoms with van der Waals surface area (Å²) in [5.74, 6) is -0.159. The minimum absolute atomic E-state index is 0. The zero-order valence-corrected chi connectivity index (χ0v) is 44.3. The summed E-state index contributed by atoms with van der Waals surface area (Å²) in [6.45, 7) is 3.63. The average Bonchev–Trinajstić information content (AvgIpc) is 4.11. The predicted octanol–water partition coefficient (Wildman–Crippen LogP) is 8.91. The number of pyridine rings is 2. The van der Waals surface area contributed by atoms with Gasteiger partial charge >= 0.3 is 47.9 Å². The summed E-state index contributed by atoms with van der Waals surface area (Å²) in [4.78, 5) is 26.6. The summed E-state index contributed by atoms with van der Waals surface area (Å²) < 4.78 is 100. The molecule has 2 aromatic carbocycles. The van der Waals surface area contributed by atoms with Gasteiger partial charge in [-0.15, -0.1) is 0 Å². The van der Waals surface area contributed by atoms with Crippen LogP contribution in [-0.4, -0.2) is 97.6 Å². The summed E-state index contributed by atoms with van der Waals surface area (Å²) >= 11 is 39.3. The summed E-state index contributed by atoms with van der Waals surface area (Å²) in [5, 5.41) is 34.5. The van der Waals surface area contributed by atoms with Gasteiger partial charge in [-0.25, -0.2) is 9.97 Å². The van der Waals surface area contributed by atoms with E-state index in [0.717, 1.165) is 33.3 Å². The first kappa shape index (κ1) is 61.2. The Morgan fingerprint density at radius 1 is 0.676 bits per heavy atom. The number of aromatic hydroxyl groups is 1. The predicted molar refractivity (Wildman–Crippen MR) is 247 cm³/mol. The molecule has 0 fully saturated rings. The number of fused-ring (bicyclic) bond motifs is 2. The smallest absolute Gasteiger partial charge is 0.870 e. The molecule has 0 aliphatic carbocycles. The van der Waals surface area contributed by atoms with Crippen LogP contribution in [0.1, 0.15) is 25.0 Å². The van der Waals surface area contributed by atoms with Crippen molar-refractivity contribution in [2.45, 2.75) is 26.2 Å². The second-order valence-corrected chi connectivity index (χ2v) is 16.4. The largest absolute Gasteiger partial charge is 1.00 e. The van der Waals surface area contributed by atoms with Gasteiger partial charge in [0.25, 0.3) is 11.8 Å². The Morgan fingerprint density at radius 3 is 1.51 bits per heavy atom. The van der Waals surface area contributed by atoms with E-state index in [9.17, 15) is 36.2 Å². The van der Waals surface area contributed by atoms with E-state index in [1.165, 1.54) is 43.6 Å². The maximum absolute atomic E-state index is 13.0. The minimum Gasteiger partial charge on any atom is -0.870 e. The Bertz CT molecular complexity index is 3090. The van der Waals surface area contributed by atoms with Crippen molar-refractivity contribution < 1.29 is 100 Å². The molecule has 0 amide bonds. The molecule has 0 radical (unpaired) electrons. The van der Waals surface area contributed by atoms with Crippen LogP contribution in [0.3, 0.4) is 0 Å². The van der Waals surface area contributed by atoms with Gasteiger partial charge in [-0.3, -0.25) is 4.79 Å². The van der Waals surface area contributed by atoms with Crippen molar-refractivity contribution in [1.82, 2.24) is 39.1 Å². The van der Waals surface area contributed by atoms with E-state index in [1.807, 2.05) is 0 Å². The maximum Gasteiger partial charge on any atom is 1.00 e. The number of aliphatic hydroxyl groups excluding tert-OH is 2. The molecule has 17 nitrogen and oxygen atoms in total. The molecule has 8 aromatic rings. The number of rotatable bonds is 9. The molecule has 8 rings (SSSR count). The quantitative estimate of drug-likeness (QED) is 0.0529. The zero-order chi connectivity index (χ0) is 51.0. The summed E-state index contributed by atoms with van der Waals surface area (Å²) in [6, 6.07) is 7.04. The molecule has 4 N–H and O–H groups in total. The van der Waals surface area contributed by atoms with Crippen LogP contribution >= 0.6 is 85.5 Å². The number of hydrogen-bond donors (Lipinski definition) is 3. The van der Waals surface area contributed by atoms with Crippen LogP contribution in [0.2, 0.25) is 30.1 Å². The Hall–Kier alpha value is -4.15. The van der Waals surface area contributed by atoms with Crippen LogP contribution in [0.4, 0.5) is 26.3 Å². The van der Waals surface area contributed by atoms with Gasteiger partial charge < -0.3 is 48.1 Å². The van der Waals surface area contributed by atoms with Gasteiger partial charge in [0, 0.05) is 66.9 Å². The standard InChI is InChI=1S/C18H10Cl3F3N4O3.C16H6Cl3F3N4O2.C4H7BrO2.C2H6O.Na.H2O/c19-10-5-14(30-2-1-29)11(20)4-9(10)15-26-17(31-27-15)13-7-28-6-8(18(22,23)24)3-12(21)16(28)25-13;17-8-3-12(27)9(18)2-7(8)13-24-15(28-25-13)11-5-26-4-6(16(20,21)22)1-10(19)14(26)23-11;1-4(6)7-3-2-5;1-2-3;;/h3-7,29H,1-2H2;1-5,27H;2-3H2,1H3;3H,2H2,1H3;;1H2/q;;;;+1;/p-1. The number of hydrogen-bond acceptors (Lipinski definition) is 15. The number of aliphatic hydroxyl groups is 2. The number of esters is 1. The van der Waals surface area contributed by atoms with E-state index in [-0.39, 0.29) is 149 Å². The second-order valence-electron chi connectivity index (χ2n) is 13.2. The number of carbonyl (C=O) groups excluding carboxylic acids is 1. The summed E-state index contributed by atoms with van der Waals surface area (Å²) in [7, 11) is 0. The average molecular weight is 1200 g/mol. The fourth-order valence-corrected chi connectivity index (χ4v) is 6.90. The molecule has 0 aliphatic rings. The first-order valence-corrected chi connectivity index (χ1v) is 22.3. The third-order valence-corrected chi connectivity index (χ3v) is 10.3. The Kier molecular flexibility index (Phi) is 23.0. The van der Waals surface area contributed by atoms with Crippen LogP contribution in [0.25, 0.3) is 57.2 Å². The van der Waals surface area contributed by atoms with E-state index in [0.29, 0.717) is 23.1 Å². The summed E-state index contributed by atoms with van der Waals surface area (Å²) in [6.07, 6.45) is -4.85. The van der Waals surface area contributed by atoms with Gasteiger partial charge in [-0.1, -0.05) is 95.8 Å². The molecule has 0 aliphatic heterocycles. The van der Waals surface area contributed by atoms with Crippen LogP contribution in [0.5, 0.6) is 11.5 Å². The maximum atomic E-state index is 13.0. The van der Waals surface area contributed by atoms with E-state index in [4.69, 9.17) is 93.6 Å². The fourth-order valence-electron chi connectivity index (χ4n) is 5.36. The minimum atomic E-state index is -4.57. The van der Waals surface area contributed by atoms with E-state index in [2.05, 4.69) is 50.9 Å². The molecule has 0 bridgehead atoms. The van der Waals surface area contributed by atoms with E-state index < -0.39 is 23.5 Å². The van der Waals surface area contributed by atoms with Crippen molar-refractivity contribution in [3.05, 3.63) is 102 Å². The normalized spacial score (nSPS) is 11.1. The number of carbonyl (C=O) groups is 1. The molecule has 71 heavy (non-hydrogen) atoms. The topological polar surface area (TPSA) is 239 Å². The third kappa shape index (κ3) is 15.9. The molecule has 0 atom stereocenters.